The van der Waals surface area contributed by atoms with Gasteiger partial charge in [-0.3, -0.25) is 4.68 Å². The van der Waals surface area contributed by atoms with Gasteiger partial charge in [0.15, 0.2) is 0 Å². The summed E-state index contributed by atoms with van der Waals surface area (Å²) in [5, 5.41) is 7.19. The first-order valence-corrected chi connectivity index (χ1v) is 8.67. The van der Waals surface area contributed by atoms with E-state index in [9.17, 15) is 8.42 Å². The summed E-state index contributed by atoms with van der Waals surface area (Å²) in [6.45, 7) is 6.59. The highest BCUT2D eigenvalue weighted by Crippen LogP contribution is 2.15. The van der Waals surface area contributed by atoms with E-state index in [1.165, 1.54) is 10.5 Å². The van der Waals surface area contributed by atoms with Crippen molar-refractivity contribution in [1.82, 2.24) is 19.4 Å². The molecule has 0 radical (unpaired) electrons. The molecule has 0 saturated heterocycles. The van der Waals surface area contributed by atoms with Gasteiger partial charge in [0.1, 0.15) is 4.90 Å². The van der Waals surface area contributed by atoms with Crippen LogP contribution in [0.15, 0.2) is 17.3 Å². The molecule has 0 aliphatic carbocycles. The highest BCUT2D eigenvalue weighted by molar-refractivity contribution is 7.89. The van der Waals surface area contributed by atoms with Crippen molar-refractivity contribution < 1.29 is 8.42 Å². The highest BCUT2D eigenvalue weighted by atomic mass is 32.2. The molecule has 1 N–H and O–H groups in total. The SMILES string of the molecule is CCCCN(CC)S(=O)(=O)c1cnn(CCCNC)c1. The largest absolute Gasteiger partial charge is 0.320 e. The lowest BCUT2D eigenvalue weighted by molar-refractivity contribution is 0.419. The van der Waals surface area contributed by atoms with E-state index in [2.05, 4.69) is 17.3 Å². The van der Waals surface area contributed by atoms with Gasteiger partial charge in [0, 0.05) is 25.8 Å². The fraction of sp³-hybridized carbons (Fsp3) is 0.769. The number of hydrogen-bond acceptors (Lipinski definition) is 4. The summed E-state index contributed by atoms with van der Waals surface area (Å²) in [5.41, 5.74) is 0. The Morgan fingerprint density at radius 3 is 2.70 bits per heavy atom. The zero-order chi connectivity index (χ0) is 15.0. The molecule has 0 aliphatic rings. The first kappa shape index (κ1) is 17.1. The van der Waals surface area contributed by atoms with Crippen molar-refractivity contribution in [1.29, 1.82) is 0 Å². The van der Waals surface area contributed by atoms with Crippen LogP contribution in [0.4, 0.5) is 0 Å². The minimum absolute atomic E-state index is 0.292. The summed E-state index contributed by atoms with van der Waals surface area (Å²) >= 11 is 0. The van der Waals surface area contributed by atoms with Gasteiger partial charge in [-0.2, -0.15) is 9.40 Å². The third-order valence-electron chi connectivity index (χ3n) is 3.18. The van der Waals surface area contributed by atoms with Crippen LogP contribution in [0.3, 0.4) is 0 Å². The van der Waals surface area contributed by atoms with Crippen LogP contribution in [-0.2, 0) is 16.6 Å². The van der Waals surface area contributed by atoms with Gasteiger partial charge >= 0.3 is 0 Å². The van der Waals surface area contributed by atoms with E-state index in [-0.39, 0.29) is 0 Å². The molecule has 6 nitrogen and oxygen atoms in total. The van der Waals surface area contributed by atoms with Crippen LogP contribution in [0.2, 0.25) is 0 Å². The average Bonchev–Trinajstić information content (AvgIpc) is 2.89. The van der Waals surface area contributed by atoms with Gasteiger partial charge in [-0.1, -0.05) is 20.3 Å². The molecule has 0 amide bonds. The van der Waals surface area contributed by atoms with Crippen molar-refractivity contribution >= 4 is 10.0 Å². The van der Waals surface area contributed by atoms with Crippen LogP contribution >= 0.6 is 0 Å². The molecular formula is C13H26N4O2S. The zero-order valence-electron chi connectivity index (χ0n) is 12.7. The summed E-state index contributed by atoms with van der Waals surface area (Å²) in [5.74, 6) is 0. The van der Waals surface area contributed by atoms with Crippen molar-refractivity contribution in [2.24, 2.45) is 0 Å². The smallest absolute Gasteiger partial charge is 0.246 e. The lowest BCUT2D eigenvalue weighted by atomic mass is 10.3. The standard InChI is InChI=1S/C13H26N4O2S/c1-4-6-10-17(5-2)20(18,19)13-11-15-16(12-13)9-7-8-14-3/h11-12,14H,4-10H2,1-3H3. The molecule has 0 aromatic carbocycles. The summed E-state index contributed by atoms with van der Waals surface area (Å²) in [7, 11) is -1.50. The second-order valence-corrected chi connectivity index (χ2v) is 6.68. The van der Waals surface area contributed by atoms with Gasteiger partial charge in [0.25, 0.3) is 0 Å². The van der Waals surface area contributed by atoms with E-state index in [0.29, 0.717) is 18.0 Å². The van der Waals surface area contributed by atoms with Crippen molar-refractivity contribution in [2.75, 3.05) is 26.7 Å². The van der Waals surface area contributed by atoms with Crippen LogP contribution in [0.1, 0.15) is 33.1 Å². The Hall–Kier alpha value is -0.920. The first-order valence-electron chi connectivity index (χ1n) is 7.23. The number of nitrogens with one attached hydrogen (secondary N) is 1. The summed E-state index contributed by atoms with van der Waals surface area (Å²) in [6, 6.07) is 0. The van der Waals surface area contributed by atoms with Gasteiger partial charge in [0.2, 0.25) is 10.0 Å². The summed E-state index contributed by atoms with van der Waals surface area (Å²) in [6.07, 6.45) is 5.85. The fourth-order valence-corrected chi connectivity index (χ4v) is 3.39. The van der Waals surface area contributed by atoms with Crippen LogP contribution in [0, 0.1) is 0 Å². The Morgan fingerprint density at radius 2 is 2.10 bits per heavy atom. The van der Waals surface area contributed by atoms with Crippen molar-refractivity contribution in [3.05, 3.63) is 12.4 Å². The summed E-state index contributed by atoms with van der Waals surface area (Å²) < 4.78 is 28.2. The van der Waals surface area contributed by atoms with Crippen molar-refractivity contribution in [3.8, 4) is 0 Å². The second-order valence-electron chi connectivity index (χ2n) is 4.75. The normalized spacial score (nSPS) is 12.2. The molecule has 1 aromatic rings. The highest BCUT2D eigenvalue weighted by Gasteiger charge is 2.24. The number of hydrogen-bond donors (Lipinski definition) is 1. The molecule has 1 rings (SSSR count). The Labute approximate surface area is 122 Å². The molecule has 0 aliphatic heterocycles. The molecule has 0 spiro atoms. The number of rotatable bonds is 10. The Morgan fingerprint density at radius 1 is 1.35 bits per heavy atom. The van der Waals surface area contributed by atoms with Gasteiger partial charge in [-0.25, -0.2) is 8.42 Å². The third-order valence-corrected chi connectivity index (χ3v) is 5.10. The Bertz CT molecular complexity index is 484. The topological polar surface area (TPSA) is 67.2 Å². The van der Waals surface area contributed by atoms with Gasteiger partial charge in [0.05, 0.1) is 6.20 Å². The molecule has 0 unspecified atom stereocenters. The van der Waals surface area contributed by atoms with E-state index >= 15 is 0 Å². The second kappa shape index (κ2) is 8.39. The molecule has 116 valence electrons. The molecular weight excluding hydrogens is 276 g/mol. The Kier molecular flexibility index (Phi) is 7.18. The van der Waals surface area contributed by atoms with E-state index in [4.69, 9.17) is 0 Å². The molecule has 1 aromatic heterocycles. The predicted molar refractivity (Wildman–Crippen MR) is 80.1 cm³/mol. The van der Waals surface area contributed by atoms with Crippen molar-refractivity contribution in [2.45, 2.75) is 44.6 Å². The third kappa shape index (κ3) is 4.57. The van der Waals surface area contributed by atoms with E-state index in [1.54, 1.807) is 10.9 Å². The van der Waals surface area contributed by atoms with Gasteiger partial charge < -0.3 is 5.32 Å². The van der Waals surface area contributed by atoms with Crippen LogP contribution in [0.5, 0.6) is 0 Å². The molecule has 0 atom stereocenters. The number of unbranched alkanes of at least 4 members (excludes halogenated alkanes) is 1. The van der Waals surface area contributed by atoms with E-state index in [1.807, 2.05) is 14.0 Å². The molecule has 20 heavy (non-hydrogen) atoms. The maximum atomic E-state index is 12.5. The molecule has 0 bridgehead atoms. The lowest BCUT2D eigenvalue weighted by Gasteiger charge is -2.18. The number of sulfonamides is 1. The maximum absolute atomic E-state index is 12.5. The van der Waals surface area contributed by atoms with Crippen LogP contribution in [0.25, 0.3) is 0 Å². The van der Waals surface area contributed by atoms with Gasteiger partial charge in [-0.15, -0.1) is 0 Å². The summed E-state index contributed by atoms with van der Waals surface area (Å²) in [4.78, 5) is 0.292. The Balaban J connectivity index is 2.75. The predicted octanol–water partition coefficient (Wildman–Crippen LogP) is 1.30. The molecule has 0 fully saturated rings. The maximum Gasteiger partial charge on any atom is 0.246 e. The lowest BCUT2D eigenvalue weighted by Crippen LogP contribution is -2.31. The van der Waals surface area contributed by atoms with Crippen molar-refractivity contribution in [3.63, 3.8) is 0 Å². The molecule has 7 heteroatoms. The molecule has 1 heterocycles. The minimum atomic E-state index is -3.40. The van der Waals surface area contributed by atoms with Gasteiger partial charge in [-0.05, 0) is 26.4 Å². The fourth-order valence-electron chi connectivity index (χ4n) is 1.95. The first-order chi connectivity index (χ1) is 9.56. The average molecular weight is 302 g/mol. The quantitative estimate of drug-likeness (QED) is 0.662. The van der Waals surface area contributed by atoms with E-state index in [0.717, 1.165) is 32.4 Å². The van der Waals surface area contributed by atoms with E-state index < -0.39 is 10.0 Å². The van der Waals surface area contributed by atoms with Crippen LogP contribution < -0.4 is 5.32 Å². The number of aryl methyl sites for hydroxylation is 1. The zero-order valence-corrected chi connectivity index (χ0v) is 13.5. The van der Waals surface area contributed by atoms with Crippen LogP contribution in [-0.4, -0.2) is 49.2 Å². The number of aromatic nitrogens is 2. The minimum Gasteiger partial charge on any atom is -0.320 e. The number of nitrogens with zero attached hydrogens (tertiary/aromatic N) is 3. The monoisotopic (exact) mass is 302 g/mol. The molecule has 0 saturated carbocycles.